The Kier molecular flexibility index (Phi) is 4.89. The van der Waals surface area contributed by atoms with Crippen LogP contribution >= 0.6 is 0 Å². The number of rotatable bonds is 6. The Balaban J connectivity index is 1.76. The lowest BCUT2D eigenvalue weighted by atomic mass is 10.0. The molecule has 0 atom stereocenters. The second kappa shape index (κ2) is 7.64. The van der Waals surface area contributed by atoms with Gasteiger partial charge in [0, 0.05) is 7.05 Å². The van der Waals surface area contributed by atoms with Crippen molar-refractivity contribution in [1.29, 1.82) is 0 Å². The molecule has 5 nitrogen and oxygen atoms in total. The molecule has 0 saturated heterocycles. The summed E-state index contributed by atoms with van der Waals surface area (Å²) in [7, 11) is 5.24. The van der Waals surface area contributed by atoms with Gasteiger partial charge >= 0.3 is 0 Å². The van der Waals surface area contributed by atoms with Crippen molar-refractivity contribution >= 4 is 11.0 Å². The first kappa shape index (κ1) is 17.9. The molecule has 0 aliphatic heterocycles. The summed E-state index contributed by atoms with van der Waals surface area (Å²) in [5, 5.41) is 0. The van der Waals surface area contributed by atoms with Gasteiger partial charge in [-0.3, -0.25) is 0 Å². The van der Waals surface area contributed by atoms with Gasteiger partial charge in [-0.25, -0.2) is 4.98 Å². The number of benzene rings is 3. The Bertz CT molecular complexity index is 1100. The van der Waals surface area contributed by atoms with E-state index >= 15 is 0 Å². The number of nitrogens with zero attached hydrogens (tertiary/aromatic N) is 2. The van der Waals surface area contributed by atoms with E-state index in [1.54, 1.807) is 20.5 Å². The Morgan fingerprint density at radius 3 is 2.32 bits per heavy atom. The van der Waals surface area contributed by atoms with Crippen LogP contribution in [0.15, 0.2) is 67.0 Å². The fourth-order valence-electron chi connectivity index (χ4n) is 3.28. The molecule has 4 aromatic rings. The zero-order valence-electron chi connectivity index (χ0n) is 16.2. The Hall–Kier alpha value is -3.47. The van der Waals surface area contributed by atoms with Crippen molar-refractivity contribution in [3.63, 3.8) is 0 Å². The fraction of sp³-hybridized carbons (Fsp3) is 0.174. The molecular formula is C23H22N2O3. The summed E-state index contributed by atoms with van der Waals surface area (Å²) in [4.78, 5) is 4.52. The van der Waals surface area contributed by atoms with Gasteiger partial charge in [0.2, 0.25) is 0 Å². The van der Waals surface area contributed by atoms with Gasteiger partial charge in [0.05, 0.1) is 26.1 Å². The molecule has 0 N–H and O–H groups in total. The molecule has 3 aromatic carbocycles. The average molecular weight is 374 g/mol. The lowest BCUT2D eigenvalue weighted by molar-refractivity contribution is 0.309. The van der Waals surface area contributed by atoms with E-state index in [1.807, 2.05) is 54.1 Å². The molecule has 0 fully saturated rings. The van der Waals surface area contributed by atoms with E-state index in [0.29, 0.717) is 18.1 Å². The molecule has 0 bridgehead atoms. The lowest BCUT2D eigenvalue weighted by Gasteiger charge is -2.13. The molecule has 0 saturated carbocycles. The minimum Gasteiger partial charge on any atom is -0.493 e. The normalized spacial score (nSPS) is 10.8. The molecule has 5 heteroatoms. The fourth-order valence-corrected chi connectivity index (χ4v) is 3.28. The maximum Gasteiger partial charge on any atom is 0.161 e. The number of methoxy groups -OCH3 is 2. The highest BCUT2D eigenvalue weighted by atomic mass is 16.5. The first-order chi connectivity index (χ1) is 13.7. The predicted molar refractivity (Wildman–Crippen MR) is 110 cm³/mol. The van der Waals surface area contributed by atoms with Crippen molar-refractivity contribution in [2.24, 2.45) is 7.05 Å². The minimum atomic E-state index is 0.497. The molecule has 0 spiro atoms. The minimum absolute atomic E-state index is 0.497. The smallest absolute Gasteiger partial charge is 0.161 e. The summed E-state index contributed by atoms with van der Waals surface area (Å²) in [6, 6.07) is 20.1. The van der Waals surface area contributed by atoms with Crippen LogP contribution in [0, 0.1) is 0 Å². The van der Waals surface area contributed by atoms with Crippen molar-refractivity contribution in [3.8, 4) is 28.4 Å². The molecule has 0 unspecified atom stereocenters. The van der Waals surface area contributed by atoms with Crippen LogP contribution in [0.2, 0.25) is 0 Å². The molecule has 4 rings (SSSR count). The third kappa shape index (κ3) is 3.39. The third-order valence-corrected chi connectivity index (χ3v) is 4.73. The first-order valence-corrected chi connectivity index (χ1v) is 9.04. The van der Waals surface area contributed by atoms with Crippen molar-refractivity contribution in [3.05, 3.63) is 72.6 Å². The quantitative estimate of drug-likeness (QED) is 0.485. The largest absolute Gasteiger partial charge is 0.493 e. The predicted octanol–water partition coefficient (Wildman–Crippen LogP) is 4.84. The molecule has 142 valence electrons. The number of aryl methyl sites for hydroxylation is 1. The zero-order valence-corrected chi connectivity index (χ0v) is 16.2. The van der Waals surface area contributed by atoms with E-state index in [0.717, 1.165) is 33.5 Å². The van der Waals surface area contributed by atoms with Crippen LogP contribution in [-0.4, -0.2) is 23.8 Å². The molecule has 0 aliphatic rings. The number of imidazole rings is 1. The summed E-state index contributed by atoms with van der Waals surface area (Å²) < 4.78 is 19.0. The standard InChI is InChI=1S/C23H22N2O3/c1-25-15-24-19-11-18(17-9-10-20(26-2)21(12-17)27-3)13-22(23(19)25)28-14-16-7-5-4-6-8-16/h4-13,15H,14H2,1-3H3. The highest BCUT2D eigenvalue weighted by Gasteiger charge is 2.13. The van der Waals surface area contributed by atoms with E-state index in [9.17, 15) is 0 Å². The van der Waals surface area contributed by atoms with E-state index < -0.39 is 0 Å². The van der Waals surface area contributed by atoms with Crippen LogP contribution in [0.1, 0.15) is 5.56 Å². The van der Waals surface area contributed by atoms with Crippen LogP contribution in [0.25, 0.3) is 22.2 Å². The van der Waals surface area contributed by atoms with Gasteiger partial charge in [-0.15, -0.1) is 0 Å². The molecule has 1 heterocycles. The summed E-state index contributed by atoms with van der Waals surface area (Å²) in [5.74, 6) is 2.18. The molecule has 0 aliphatic carbocycles. The Labute approximate surface area is 164 Å². The first-order valence-electron chi connectivity index (χ1n) is 9.04. The zero-order chi connectivity index (χ0) is 19.5. The van der Waals surface area contributed by atoms with Crippen LogP contribution in [0.3, 0.4) is 0 Å². The highest BCUT2D eigenvalue weighted by Crippen LogP contribution is 2.36. The summed E-state index contributed by atoms with van der Waals surface area (Å²) >= 11 is 0. The third-order valence-electron chi connectivity index (χ3n) is 4.73. The molecule has 0 radical (unpaired) electrons. The average Bonchev–Trinajstić information content (AvgIpc) is 3.13. The molecule has 1 aromatic heterocycles. The monoisotopic (exact) mass is 374 g/mol. The van der Waals surface area contributed by atoms with Gasteiger partial charge in [0.25, 0.3) is 0 Å². The number of fused-ring (bicyclic) bond motifs is 1. The van der Waals surface area contributed by atoms with Crippen LogP contribution in [0.5, 0.6) is 17.2 Å². The van der Waals surface area contributed by atoms with Gasteiger partial charge < -0.3 is 18.8 Å². The molecule has 0 amide bonds. The van der Waals surface area contributed by atoms with Gasteiger partial charge in [0.1, 0.15) is 17.9 Å². The van der Waals surface area contributed by atoms with Crippen LogP contribution in [-0.2, 0) is 13.7 Å². The maximum atomic E-state index is 6.19. The Morgan fingerprint density at radius 1 is 0.821 bits per heavy atom. The SMILES string of the molecule is COc1ccc(-c2cc(OCc3ccccc3)c3c(c2)ncn3C)cc1OC. The van der Waals surface area contributed by atoms with E-state index in [4.69, 9.17) is 14.2 Å². The maximum absolute atomic E-state index is 6.19. The molecule has 28 heavy (non-hydrogen) atoms. The van der Waals surface area contributed by atoms with Gasteiger partial charge in [-0.1, -0.05) is 36.4 Å². The second-order valence-corrected chi connectivity index (χ2v) is 6.54. The number of aromatic nitrogens is 2. The topological polar surface area (TPSA) is 45.5 Å². The summed E-state index contributed by atoms with van der Waals surface area (Å²) in [6.45, 7) is 0.497. The van der Waals surface area contributed by atoms with Gasteiger partial charge in [0.15, 0.2) is 11.5 Å². The van der Waals surface area contributed by atoms with Crippen molar-refractivity contribution in [1.82, 2.24) is 9.55 Å². The van der Waals surface area contributed by atoms with Crippen molar-refractivity contribution in [2.45, 2.75) is 6.61 Å². The second-order valence-electron chi connectivity index (χ2n) is 6.54. The highest BCUT2D eigenvalue weighted by molar-refractivity contribution is 5.88. The van der Waals surface area contributed by atoms with Gasteiger partial charge in [-0.05, 0) is 41.0 Å². The summed E-state index contributed by atoms with van der Waals surface area (Å²) in [5.41, 5.74) is 5.00. The van der Waals surface area contributed by atoms with E-state index in [2.05, 4.69) is 23.2 Å². The summed E-state index contributed by atoms with van der Waals surface area (Å²) in [6.07, 6.45) is 1.80. The Morgan fingerprint density at radius 2 is 1.57 bits per heavy atom. The van der Waals surface area contributed by atoms with E-state index in [1.165, 1.54) is 0 Å². The van der Waals surface area contributed by atoms with Crippen molar-refractivity contribution < 1.29 is 14.2 Å². The van der Waals surface area contributed by atoms with Crippen LogP contribution in [0.4, 0.5) is 0 Å². The molecular weight excluding hydrogens is 352 g/mol. The van der Waals surface area contributed by atoms with Crippen molar-refractivity contribution in [2.75, 3.05) is 14.2 Å². The van der Waals surface area contributed by atoms with Crippen LogP contribution < -0.4 is 14.2 Å². The number of hydrogen-bond donors (Lipinski definition) is 0. The number of ether oxygens (including phenoxy) is 3. The lowest BCUT2D eigenvalue weighted by Crippen LogP contribution is -1.98. The number of hydrogen-bond acceptors (Lipinski definition) is 4. The van der Waals surface area contributed by atoms with Gasteiger partial charge in [-0.2, -0.15) is 0 Å². The van der Waals surface area contributed by atoms with E-state index in [-0.39, 0.29) is 0 Å².